The van der Waals surface area contributed by atoms with Crippen LogP contribution in [0.5, 0.6) is 0 Å². The van der Waals surface area contributed by atoms with Crippen LogP contribution < -0.4 is 0 Å². The lowest BCUT2D eigenvalue weighted by atomic mass is 9.99. The molecule has 1 aliphatic rings. The summed E-state index contributed by atoms with van der Waals surface area (Å²) in [6.07, 6.45) is -4.52. The third-order valence-corrected chi connectivity index (χ3v) is 2.36. The Balaban J connectivity index is 2.73. The van der Waals surface area contributed by atoms with Gasteiger partial charge in [0, 0.05) is 14.2 Å². The minimum atomic E-state index is -1.20. The number of aliphatic hydroxyl groups is 3. The molecule has 0 aromatic rings. The second-order valence-electron chi connectivity index (χ2n) is 3.14. The van der Waals surface area contributed by atoms with E-state index in [1.807, 2.05) is 0 Å². The molecule has 3 N–H and O–H groups in total. The van der Waals surface area contributed by atoms with Crippen molar-refractivity contribution in [3.8, 4) is 0 Å². The van der Waals surface area contributed by atoms with Gasteiger partial charge in [-0.25, -0.2) is 0 Å². The molecular formula is C8H16O6. The summed E-state index contributed by atoms with van der Waals surface area (Å²) in [5.74, 6) is 0. The van der Waals surface area contributed by atoms with Gasteiger partial charge in [0.2, 0.25) is 0 Å². The largest absolute Gasteiger partial charge is 0.394 e. The predicted molar refractivity (Wildman–Crippen MR) is 45.6 cm³/mol. The van der Waals surface area contributed by atoms with Crippen LogP contribution in [0.2, 0.25) is 0 Å². The van der Waals surface area contributed by atoms with Gasteiger partial charge in [-0.3, -0.25) is 0 Å². The molecule has 6 nitrogen and oxygen atoms in total. The first-order chi connectivity index (χ1) is 6.65. The van der Waals surface area contributed by atoms with Crippen LogP contribution in [-0.4, -0.2) is 66.9 Å². The smallest absolute Gasteiger partial charge is 0.184 e. The van der Waals surface area contributed by atoms with Gasteiger partial charge in [-0.05, 0) is 0 Å². The van der Waals surface area contributed by atoms with Crippen molar-refractivity contribution in [3.63, 3.8) is 0 Å². The van der Waals surface area contributed by atoms with E-state index in [1.165, 1.54) is 14.2 Å². The maximum Gasteiger partial charge on any atom is 0.184 e. The van der Waals surface area contributed by atoms with E-state index < -0.39 is 30.7 Å². The summed E-state index contributed by atoms with van der Waals surface area (Å²) in [6.45, 7) is -0.380. The van der Waals surface area contributed by atoms with Crippen molar-refractivity contribution in [2.75, 3.05) is 20.8 Å². The number of methoxy groups -OCH3 is 2. The van der Waals surface area contributed by atoms with Gasteiger partial charge in [-0.1, -0.05) is 0 Å². The normalized spacial score (nSPS) is 43.9. The monoisotopic (exact) mass is 208 g/mol. The molecule has 14 heavy (non-hydrogen) atoms. The minimum absolute atomic E-state index is 0.380. The highest BCUT2D eigenvalue weighted by atomic mass is 16.7. The molecule has 1 saturated heterocycles. The summed E-state index contributed by atoms with van der Waals surface area (Å²) in [7, 11) is 2.78. The molecule has 5 atom stereocenters. The van der Waals surface area contributed by atoms with Gasteiger partial charge in [0.15, 0.2) is 6.29 Å². The average molecular weight is 208 g/mol. The van der Waals surface area contributed by atoms with E-state index in [0.29, 0.717) is 0 Å². The first-order valence-electron chi connectivity index (χ1n) is 4.33. The molecular weight excluding hydrogens is 192 g/mol. The topological polar surface area (TPSA) is 88.4 Å². The fourth-order valence-electron chi connectivity index (χ4n) is 1.58. The van der Waals surface area contributed by atoms with Crippen LogP contribution >= 0.6 is 0 Å². The highest BCUT2D eigenvalue weighted by Gasteiger charge is 2.44. The molecule has 0 unspecified atom stereocenters. The summed E-state index contributed by atoms with van der Waals surface area (Å²) in [6, 6.07) is 0. The second kappa shape index (κ2) is 5.01. The van der Waals surface area contributed by atoms with Crippen molar-refractivity contribution in [2.45, 2.75) is 30.7 Å². The van der Waals surface area contributed by atoms with Crippen molar-refractivity contribution in [3.05, 3.63) is 0 Å². The first kappa shape index (κ1) is 11.8. The van der Waals surface area contributed by atoms with E-state index in [1.54, 1.807) is 0 Å². The van der Waals surface area contributed by atoms with Gasteiger partial charge >= 0.3 is 0 Å². The molecule has 84 valence electrons. The number of aliphatic hydroxyl groups excluding tert-OH is 3. The number of ether oxygens (including phenoxy) is 3. The standard InChI is InChI=1S/C8H16O6/c1-12-6-5(10)4(3-9)14-8(11)7(6)13-2/h4-11H,3H2,1-2H3/t4-,5-,6+,7+,8+/m1/s1. The van der Waals surface area contributed by atoms with E-state index in [4.69, 9.17) is 19.3 Å². The van der Waals surface area contributed by atoms with Crippen molar-refractivity contribution >= 4 is 0 Å². The Labute approximate surface area is 82.0 Å². The molecule has 1 fully saturated rings. The lowest BCUT2D eigenvalue weighted by molar-refractivity contribution is -0.295. The highest BCUT2D eigenvalue weighted by Crippen LogP contribution is 2.23. The third-order valence-electron chi connectivity index (χ3n) is 2.36. The summed E-state index contributed by atoms with van der Waals surface area (Å²) in [4.78, 5) is 0. The summed E-state index contributed by atoms with van der Waals surface area (Å²) in [5, 5.41) is 27.9. The Hall–Kier alpha value is -0.240. The van der Waals surface area contributed by atoms with Gasteiger partial charge < -0.3 is 29.5 Å². The average Bonchev–Trinajstić information content (AvgIpc) is 2.20. The Morgan fingerprint density at radius 3 is 2.14 bits per heavy atom. The quantitative estimate of drug-likeness (QED) is 0.501. The van der Waals surface area contributed by atoms with Crippen LogP contribution in [0, 0.1) is 0 Å². The van der Waals surface area contributed by atoms with Crippen LogP contribution in [-0.2, 0) is 14.2 Å². The molecule has 0 aliphatic carbocycles. The SMILES string of the molecule is CO[C@H]1[C@H](O)[C@@H](CO)O[C@H](O)[C@H]1OC. The van der Waals surface area contributed by atoms with Gasteiger partial charge in [0.05, 0.1) is 6.61 Å². The molecule has 0 spiro atoms. The lowest BCUT2D eigenvalue weighted by Crippen LogP contribution is -2.59. The van der Waals surface area contributed by atoms with Gasteiger partial charge in [-0.2, -0.15) is 0 Å². The molecule has 6 heteroatoms. The zero-order valence-electron chi connectivity index (χ0n) is 8.16. The molecule has 0 bridgehead atoms. The third kappa shape index (κ3) is 2.05. The van der Waals surface area contributed by atoms with Gasteiger partial charge in [0.25, 0.3) is 0 Å². The molecule has 0 aromatic heterocycles. The number of hydrogen-bond acceptors (Lipinski definition) is 6. The maximum absolute atomic E-state index is 9.65. The zero-order valence-corrected chi connectivity index (χ0v) is 8.16. The molecule has 1 aliphatic heterocycles. The molecule has 0 amide bonds. The molecule has 0 aromatic carbocycles. The maximum atomic E-state index is 9.65. The van der Waals surface area contributed by atoms with Crippen LogP contribution in [0.3, 0.4) is 0 Å². The van der Waals surface area contributed by atoms with E-state index >= 15 is 0 Å². The van der Waals surface area contributed by atoms with Crippen molar-refractivity contribution in [1.29, 1.82) is 0 Å². The summed E-state index contributed by atoms with van der Waals surface area (Å²) in [5.41, 5.74) is 0. The van der Waals surface area contributed by atoms with E-state index in [9.17, 15) is 10.2 Å². The number of rotatable bonds is 3. The van der Waals surface area contributed by atoms with E-state index in [2.05, 4.69) is 0 Å². The van der Waals surface area contributed by atoms with Crippen LogP contribution in [0.1, 0.15) is 0 Å². The number of hydrogen-bond donors (Lipinski definition) is 3. The Bertz CT molecular complexity index is 175. The Morgan fingerprint density at radius 2 is 1.71 bits per heavy atom. The van der Waals surface area contributed by atoms with Crippen LogP contribution in [0.15, 0.2) is 0 Å². The Kier molecular flexibility index (Phi) is 4.24. The van der Waals surface area contributed by atoms with Gasteiger partial charge in [0.1, 0.15) is 24.4 Å². The van der Waals surface area contributed by atoms with Crippen molar-refractivity contribution < 1.29 is 29.5 Å². The Morgan fingerprint density at radius 1 is 1.14 bits per heavy atom. The van der Waals surface area contributed by atoms with E-state index in [-0.39, 0.29) is 6.61 Å². The van der Waals surface area contributed by atoms with E-state index in [0.717, 1.165) is 0 Å². The highest BCUT2D eigenvalue weighted by molar-refractivity contribution is 4.90. The zero-order chi connectivity index (χ0) is 10.7. The fraction of sp³-hybridized carbons (Fsp3) is 1.00. The second-order valence-corrected chi connectivity index (χ2v) is 3.14. The predicted octanol–water partition coefficient (Wildman–Crippen LogP) is -1.91. The molecule has 0 radical (unpaired) electrons. The van der Waals surface area contributed by atoms with Crippen LogP contribution in [0.25, 0.3) is 0 Å². The summed E-state index contributed by atoms with van der Waals surface area (Å²) >= 11 is 0. The van der Waals surface area contributed by atoms with Crippen LogP contribution in [0.4, 0.5) is 0 Å². The van der Waals surface area contributed by atoms with Crippen molar-refractivity contribution in [2.24, 2.45) is 0 Å². The fourth-order valence-corrected chi connectivity index (χ4v) is 1.58. The van der Waals surface area contributed by atoms with Crippen molar-refractivity contribution in [1.82, 2.24) is 0 Å². The summed E-state index contributed by atoms with van der Waals surface area (Å²) < 4.78 is 14.8. The first-order valence-corrected chi connectivity index (χ1v) is 4.33. The molecule has 1 heterocycles. The molecule has 1 rings (SSSR count). The van der Waals surface area contributed by atoms with Gasteiger partial charge in [-0.15, -0.1) is 0 Å². The lowest BCUT2D eigenvalue weighted by Gasteiger charge is -2.40. The molecule has 0 saturated carbocycles. The minimum Gasteiger partial charge on any atom is -0.394 e.